The van der Waals surface area contributed by atoms with Crippen LogP contribution in [0.2, 0.25) is 0 Å². The number of fused-ring (bicyclic) bond motifs is 3. The smallest absolute Gasteiger partial charge is 0.269 e. The lowest BCUT2D eigenvalue weighted by atomic mass is 9.55. The zero-order chi connectivity index (χ0) is 50.1. The number of rotatable bonds is 21. The largest absolute Gasteiger partial charge is 0.459 e. The summed E-state index contributed by atoms with van der Waals surface area (Å²) in [6, 6.07) is 32.0. The highest BCUT2D eigenvalue weighted by atomic mass is 16.7. The number of ether oxygens (including phenoxy) is 3. The van der Waals surface area contributed by atoms with E-state index in [1.807, 2.05) is 86.3 Å². The number of aliphatic hydroxyl groups is 2. The fourth-order valence-electron chi connectivity index (χ4n) is 10.6. The average Bonchev–Trinajstić information content (AvgIpc) is 3.37. The van der Waals surface area contributed by atoms with Gasteiger partial charge < -0.3 is 34.2 Å². The molecule has 6 atom stereocenters. The van der Waals surface area contributed by atoms with Crippen LogP contribution in [0.25, 0.3) is 16.8 Å². The number of hydrogen-bond acceptors (Lipinski definition) is 11. The van der Waals surface area contributed by atoms with Gasteiger partial charge in [0.05, 0.1) is 23.2 Å². The Bertz CT molecular complexity index is 2810. The number of nitro groups is 1. The normalized spacial score (nSPS) is 22.0. The third kappa shape index (κ3) is 11.3. The molecule has 1 fully saturated rings. The quantitative estimate of drug-likeness (QED) is 0.0180. The molecule has 2 N–H and O–H groups in total. The van der Waals surface area contributed by atoms with E-state index in [0.29, 0.717) is 46.9 Å². The van der Waals surface area contributed by atoms with E-state index in [2.05, 4.69) is 12.7 Å². The van der Waals surface area contributed by atoms with Crippen molar-refractivity contribution >= 4 is 40.4 Å². The molecule has 71 heavy (non-hydrogen) atoms. The second-order valence-electron chi connectivity index (χ2n) is 19.6. The second kappa shape index (κ2) is 22.4. The zero-order valence-corrected chi connectivity index (χ0v) is 40.7. The van der Waals surface area contributed by atoms with Gasteiger partial charge in [-0.15, -0.1) is 6.58 Å². The summed E-state index contributed by atoms with van der Waals surface area (Å²) in [5.41, 5.74) is 3.67. The third-order valence-electron chi connectivity index (χ3n) is 13.7. The number of oxime groups is 1. The van der Waals surface area contributed by atoms with Crippen LogP contribution in [-0.2, 0) is 20.9 Å². The summed E-state index contributed by atoms with van der Waals surface area (Å²) in [6.07, 6.45) is 12.4. The number of hydrogen-bond donors (Lipinski definition) is 2. The highest BCUT2D eigenvalue weighted by Gasteiger charge is 2.65. The first-order valence-electron chi connectivity index (χ1n) is 24.6. The molecule has 3 aliphatic rings. The maximum Gasteiger partial charge on any atom is 0.269 e. The number of aliphatic hydroxyl groups excluding tert-OH is 2. The minimum atomic E-state index is -1.55. The van der Waals surface area contributed by atoms with Crippen molar-refractivity contribution in [3.63, 3.8) is 0 Å². The number of carbonyl (C=O) groups excluding carboxylic acids is 2. The number of aldehydes is 1. The Labute approximate surface area is 415 Å². The SMILES string of the molecule is C=CCOC12Oc3ccc(Oc4cccc(C=O)c4)cc3C3C(CCCCO)C(CCCCO)C=C(C(=NOC(C)(C)C)CC1N(Cc1cccc4ccccc14)C(=O)C=Cc1ccc([N+](=O)[O-])cc1)C32. The van der Waals surface area contributed by atoms with Crippen LogP contribution in [0.4, 0.5) is 5.69 Å². The molecule has 0 radical (unpaired) electrons. The number of amides is 1. The van der Waals surface area contributed by atoms with Gasteiger partial charge in [-0.3, -0.25) is 19.7 Å². The lowest BCUT2D eigenvalue weighted by molar-refractivity contribution is -0.384. The van der Waals surface area contributed by atoms with Crippen molar-refractivity contribution in [1.82, 2.24) is 4.90 Å². The molecule has 8 rings (SSSR count). The molecule has 5 aromatic rings. The third-order valence-corrected chi connectivity index (χ3v) is 13.7. The van der Waals surface area contributed by atoms with E-state index in [1.165, 1.54) is 18.2 Å². The van der Waals surface area contributed by atoms with Crippen molar-refractivity contribution in [2.24, 2.45) is 22.9 Å². The molecule has 13 heteroatoms. The van der Waals surface area contributed by atoms with Crippen molar-refractivity contribution in [2.45, 2.75) is 95.6 Å². The molecule has 0 bridgehead atoms. The van der Waals surface area contributed by atoms with Gasteiger partial charge in [-0.2, -0.15) is 0 Å². The summed E-state index contributed by atoms with van der Waals surface area (Å²) in [4.78, 5) is 46.5. The molecule has 1 saturated carbocycles. The molecule has 5 aromatic carbocycles. The fraction of sp³-hybridized carbons (Fsp3) is 0.362. The van der Waals surface area contributed by atoms with E-state index in [-0.39, 0.29) is 62.1 Å². The number of benzene rings is 5. The van der Waals surface area contributed by atoms with Crippen molar-refractivity contribution in [3.05, 3.63) is 172 Å². The van der Waals surface area contributed by atoms with Crippen LogP contribution in [0.3, 0.4) is 0 Å². The van der Waals surface area contributed by atoms with Crippen LogP contribution >= 0.6 is 0 Å². The molecule has 1 aliphatic heterocycles. The Balaban J connectivity index is 1.37. The van der Waals surface area contributed by atoms with Crippen LogP contribution in [0, 0.1) is 27.9 Å². The summed E-state index contributed by atoms with van der Waals surface area (Å²) in [5.74, 6) is -1.25. The molecule has 0 spiro atoms. The maximum atomic E-state index is 15.5. The van der Waals surface area contributed by atoms with Crippen LogP contribution in [-0.4, -0.2) is 75.2 Å². The Kier molecular flexibility index (Phi) is 15.9. The van der Waals surface area contributed by atoms with Gasteiger partial charge in [-0.05, 0) is 134 Å². The number of allylic oxidation sites excluding steroid dienone is 1. The highest BCUT2D eigenvalue weighted by Crippen LogP contribution is 2.62. The number of nitrogens with zero attached hydrogens (tertiary/aromatic N) is 3. The van der Waals surface area contributed by atoms with Gasteiger partial charge in [0.2, 0.25) is 11.7 Å². The van der Waals surface area contributed by atoms with Gasteiger partial charge >= 0.3 is 0 Å². The van der Waals surface area contributed by atoms with E-state index < -0.39 is 28.3 Å². The molecule has 13 nitrogen and oxygen atoms in total. The lowest BCUT2D eigenvalue weighted by Crippen LogP contribution is -2.70. The molecular weight excluding hydrogens is 899 g/mol. The summed E-state index contributed by atoms with van der Waals surface area (Å²) in [6.45, 7) is 10.2. The molecular formula is C58H63N3O10. The lowest BCUT2D eigenvalue weighted by Gasteiger charge is -2.60. The summed E-state index contributed by atoms with van der Waals surface area (Å²) >= 11 is 0. The number of unbranched alkanes of at least 4 members (excludes halogenated alkanes) is 2. The second-order valence-corrected chi connectivity index (χ2v) is 19.6. The first-order valence-corrected chi connectivity index (χ1v) is 24.6. The van der Waals surface area contributed by atoms with Gasteiger partial charge in [-0.25, -0.2) is 0 Å². The van der Waals surface area contributed by atoms with Gasteiger partial charge in [0.15, 0.2) is 0 Å². The van der Waals surface area contributed by atoms with Gasteiger partial charge in [0.1, 0.15) is 35.2 Å². The zero-order valence-electron chi connectivity index (χ0n) is 40.7. The van der Waals surface area contributed by atoms with Crippen molar-refractivity contribution < 1.29 is 43.8 Å². The minimum absolute atomic E-state index is 0.00262. The first-order chi connectivity index (χ1) is 34.4. The van der Waals surface area contributed by atoms with E-state index in [1.54, 1.807) is 48.6 Å². The average molecular weight is 962 g/mol. The molecule has 0 aromatic heterocycles. The van der Waals surface area contributed by atoms with E-state index >= 15 is 4.79 Å². The van der Waals surface area contributed by atoms with Crippen LogP contribution < -0.4 is 9.47 Å². The topological polar surface area (TPSA) is 170 Å². The first kappa shape index (κ1) is 50.5. The van der Waals surface area contributed by atoms with Gasteiger partial charge in [-0.1, -0.05) is 84.7 Å². The molecule has 0 saturated heterocycles. The van der Waals surface area contributed by atoms with Gasteiger partial charge in [0, 0.05) is 61.4 Å². The number of carbonyl (C=O) groups is 2. The van der Waals surface area contributed by atoms with E-state index in [4.69, 9.17) is 24.2 Å². The van der Waals surface area contributed by atoms with Crippen LogP contribution in [0.15, 0.2) is 145 Å². The standard InChI is InChI=1S/C58H63N3O10/c1-5-32-68-58-53(60(37-43-18-13-17-41-15-6-7-20-47(41)43)54(65)29-24-39-22-25-44(26-23-39)61(66)67)36-51(59-71-57(2,3)4)49-34-42(16-8-10-30-62)48(21-9-11-31-63)55(56(49)58)50-35-46(27-28-52(50)70-58)69-45-19-12-14-40(33-45)38-64/h5-7,12-15,17-20,22-29,33-35,38,42,48,53,55-56,62-63H,1,8-11,16,21,30-32,36-37H2,2-4H3. The Morgan fingerprint density at radius 3 is 2.38 bits per heavy atom. The monoisotopic (exact) mass is 961 g/mol. The molecule has 1 heterocycles. The number of non-ortho nitro benzene ring substituents is 1. The van der Waals surface area contributed by atoms with E-state index in [0.717, 1.165) is 59.4 Å². The van der Waals surface area contributed by atoms with Crippen molar-refractivity contribution in [1.29, 1.82) is 0 Å². The fourth-order valence-corrected chi connectivity index (χ4v) is 10.6. The Hall–Kier alpha value is -6.93. The Morgan fingerprint density at radius 1 is 0.915 bits per heavy atom. The van der Waals surface area contributed by atoms with Crippen molar-refractivity contribution in [3.8, 4) is 17.2 Å². The van der Waals surface area contributed by atoms with E-state index in [9.17, 15) is 25.1 Å². The molecule has 6 unspecified atom stereocenters. The molecule has 2 aliphatic carbocycles. The minimum Gasteiger partial charge on any atom is -0.459 e. The maximum absolute atomic E-state index is 15.5. The number of nitro benzene ring substituents is 1. The predicted octanol–water partition coefficient (Wildman–Crippen LogP) is 11.5. The molecule has 1 amide bonds. The highest BCUT2D eigenvalue weighted by molar-refractivity contribution is 6.03. The Morgan fingerprint density at radius 2 is 1.65 bits per heavy atom. The summed E-state index contributed by atoms with van der Waals surface area (Å²) in [5, 5.41) is 38.6. The van der Waals surface area contributed by atoms with Crippen molar-refractivity contribution in [2.75, 3.05) is 19.8 Å². The summed E-state index contributed by atoms with van der Waals surface area (Å²) in [7, 11) is 0. The molecule has 370 valence electrons. The predicted molar refractivity (Wildman–Crippen MR) is 274 cm³/mol. The van der Waals surface area contributed by atoms with Crippen LogP contribution in [0.1, 0.15) is 98.7 Å². The van der Waals surface area contributed by atoms with Gasteiger partial charge in [0.25, 0.3) is 5.69 Å². The summed E-state index contributed by atoms with van der Waals surface area (Å²) < 4.78 is 21.2. The van der Waals surface area contributed by atoms with Crippen LogP contribution in [0.5, 0.6) is 17.2 Å².